The van der Waals surface area contributed by atoms with E-state index in [1.807, 2.05) is 26.0 Å². The standard InChI is InChI=1S/C22H18N4O4/c1-21(2)14-8-9-22(21,18-17(14)25-15(10-23)16(11-24)26-18)20(28)30-13-6-4-12(5-7-13)19(27)29-3/h4-7,14H,8-9H2,1-3H3. The van der Waals surface area contributed by atoms with E-state index in [9.17, 15) is 20.1 Å². The summed E-state index contributed by atoms with van der Waals surface area (Å²) in [6.07, 6.45) is 1.23. The Kier molecular flexibility index (Phi) is 4.32. The Morgan fingerprint density at radius 1 is 1.10 bits per heavy atom. The normalized spacial score (nSPS) is 22.5. The minimum Gasteiger partial charge on any atom is -0.465 e. The number of fused-ring (bicyclic) bond motifs is 5. The summed E-state index contributed by atoms with van der Waals surface area (Å²) < 4.78 is 10.4. The molecule has 8 heteroatoms. The van der Waals surface area contributed by atoms with Crippen molar-refractivity contribution in [2.45, 2.75) is 38.0 Å². The molecule has 1 fully saturated rings. The van der Waals surface area contributed by atoms with Crippen LogP contribution in [0.25, 0.3) is 0 Å². The van der Waals surface area contributed by atoms with Gasteiger partial charge < -0.3 is 9.47 Å². The Labute approximate surface area is 173 Å². The van der Waals surface area contributed by atoms with Crippen LogP contribution >= 0.6 is 0 Å². The number of aromatic nitrogens is 2. The van der Waals surface area contributed by atoms with E-state index in [-0.39, 0.29) is 23.1 Å². The first kappa shape index (κ1) is 19.5. The molecule has 0 radical (unpaired) electrons. The predicted molar refractivity (Wildman–Crippen MR) is 102 cm³/mol. The van der Waals surface area contributed by atoms with Crippen LogP contribution in [0, 0.1) is 28.1 Å². The van der Waals surface area contributed by atoms with E-state index >= 15 is 0 Å². The molecule has 0 amide bonds. The number of benzene rings is 1. The van der Waals surface area contributed by atoms with E-state index in [1.54, 1.807) is 0 Å². The van der Waals surface area contributed by atoms with Crippen molar-refractivity contribution in [1.29, 1.82) is 10.5 Å². The van der Waals surface area contributed by atoms with E-state index in [0.29, 0.717) is 29.8 Å². The molecule has 0 saturated heterocycles. The van der Waals surface area contributed by atoms with Gasteiger partial charge in [-0.15, -0.1) is 0 Å². The number of esters is 2. The van der Waals surface area contributed by atoms with Crippen LogP contribution < -0.4 is 4.74 Å². The molecule has 0 spiro atoms. The molecule has 0 aliphatic heterocycles. The lowest BCUT2D eigenvalue weighted by atomic mass is 9.68. The number of hydrogen-bond donors (Lipinski definition) is 0. The van der Waals surface area contributed by atoms with Gasteiger partial charge in [-0.3, -0.25) is 4.79 Å². The molecule has 2 aromatic rings. The van der Waals surface area contributed by atoms with Crippen LogP contribution in [0.2, 0.25) is 0 Å². The van der Waals surface area contributed by atoms with Gasteiger partial charge in [0.05, 0.1) is 24.1 Å². The molecule has 8 nitrogen and oxygen atoms in total. The second kappa shape index (κ2) is 6.64. The number of nitrogens with zero attached hydrogens (tertiary/aromatic N) is 4. The van der Waals surface area contributed by atoms with Crippen molar-refractivity contribution in [3.63, 3.8) is 0 Å². The monoisotopic (exact) mass is 402 g/mol. The SMILES string of the molecule is COC(=O)c1ccc(OC(=O)C23CCC(c4nc(C#N)c(C#N)nc42)C3(C)C)cc1. The minimum atomic E-state index is -1.07. The van der Waals surface area contributed by atoms with Crippen LogP contribution in [-0.4, -0.2) is 29.0 Å². The Morgan fingerprint density at radius 2 is 1.73 bits per heavy atom. The van der Waals surface area contributed by atoms with Crippen LogP contribution in [0.5, 0.6) is 5.75 Å². The molecule has 2 unspecified atom stereocenters. The first-order chi connectivity index (χ1) is 14.3. The number of carbonyl (C=O) groups excluding carboxylic acids is 2. The van der Waals surface area contributed by atoms with Crippen molar-refractivity contribution in [2.24, 2.45) is 5.41 Å². The van der Waals surface area contributed by atoms with Gasteiger partial charge >= 0.3 is 11.9 Å². The Bertz CT molecular complexity index is 1160. The van der Waals surface area contributed by atoms with Crippen molar-refractivity contribution in [3.05, 3.63) is 52.6 Å². The van der Waals surface area contributed by atoms with Gasteiger partial charge in [-0.05, 0) is 42.5 Å². The van der Waals surface area contributed by atoms with Gasteiger partial charge in [-0.1, -0.05) is 13.8 Å². The maximum absolute atomic E-state index is 13.5. The number of rotatable bonds is 3. The number of ether oxygens (including phenoxy) is 2. The Hall–Kier alpha value is -3.78. The second-order valence-corrected chi connectivity index (χ2v) is 8.00. The molecule has 1 saturated carbocycles. The second-order valence-electron chi connectivity index (χ2n) is 8.00. The van der Waals surface area contributed by atoms with Gasteiger partial charge in [-0.2, -0.15) is 10.5 Å². The molecule has 0 N–H and O–H groups in total. The fourth-order valence-corrected chi connectivity index (χ4v) is 4.84. The van der Waals surface area contributed by atoms with Crippen LogP contribution in [0.1, 0.15) is 65.7 Å². The highest BCUT2D eigenvalue weighted by atomic mass is 16.5. The minimum absolute atomic E-state index is 0.0264. The van der Waals surface area contributed by atoms with Crippen molar-refractivity contribution < 1.29 is 19.1 Å². The van der Waals surface area contributed by atoms with E-state index < -0.39 is 22.8 Å². The largest absolute Gasteiger partial charge is 0.465 e. The highest BCUT2D eigenvalue weighted by Gasteiger charge is 2.69. The molecule has 1 heterocycles. The third-order valence-electron chi connectivity index (χ3n) is 6.48. The molecule has 30 heavy (non-hydrogen) atoms. The summed E-state index contributed by atoms with van der Waals surface area (Å²) in [5.74, 6) is -0.739. The zero-order valence-corrected chi connectivity index (χ0v) is 16.7. The third-order valence-corrected chi connectivity index (χ3v) is 6.48. The van der Waals surface area contributed by atoms with Gasteiger partial charge in [0.2, 0.25) is 0 Å². The average Bonchev–Trinajstić information content (AvgIpc) is 3.13. The number of nitriles is 2. The van der Waals surface area contributed by atoms with E-state index in [1.165, 1.54) is 31.4 Å². The quantitative estimate of drug-likeness (QED) is 0.567. The summed E-state index contributed by atoms with van der Waals surface area (Å²) in [6, 6.07) is 9.91. The van der Waals surface area contributed by atoms with Crippen LogP contribution in [0.3, 0.4) is 0 Å². The number of carbonyl (C=O) groups is 2. The lowest BCUT2D eigenvalue weighted by molar-refractivity contribution is -0.144. The lowest BCUT2D eigenvalue weighted by Gasteiger charge is -2.35. The van der Waals surface area contributed by atoms with Crippen molar-refractivity contribution in [2.75, 3.05) is 7.11 Å². The molecule has 1 aromatic heterocycles. The van der Waals surface area contributed by atoms with E-state index in [4.69, 9.17) is 4.74 Å². The smallest absolute Gasteiger partial charge is 0.337 e. The van der Waals surface area contributed by atoms with E-state index in [0.717, 1.165) is 0 Å². The first-order valence-electron chi connectivity index (χ1n) is 9.43. The summed E-state index contributed by atoms with van der Waals surface area (Å²) in [4.78, 5) is 33.9. The van der Waals surface area contributed by atoms with E-state index in [2.05, 4.69) is 14.7 Å². The van der Waals surface area contributed by atoms with Crippen LogP contribution in [0.15, 0.2) is 24.3 Å². The molecule has 2 aliphatic carbocycles. The maximum atomic E-state index is 13.5. The predicted octanol–water partition coefficient (Wildman–Crippen LogP) is 2.77. The fourth-order valence-electron chi connectivity index (χ4n) is 4.84. The number of methoxy groups -OCH3 is 1. The summed E-state index contributed by atoms with van der Waals surface area (Å²) in [7, 11) is 1.29. The van der Waals surface area contributed by atoms with Gasteiger partial charge in [-0.25, -0.2) is 14.8 Å². The third kappa shape index (κ3) is 2.44. The van der Waals surface area contributed by atoms with Crippen LogP contribution in [-0.2, 0) is 14.9 Å². The van der Waals surface area contributed by atoms with Gasteiger partial charge in [0.25, 0.3) is 0 Å². The molecule has 150 valence electrons. The summed E-state index contributed by atoms with van der Waals surface area (Å²) in [5, 5.41) is 18.7. The Morgan fingerprint density at radius 3 is 2.33 bits per heavy atom. The molecule has 2 atom stereocenters. The average molecular weight is 402 g/mol. The van der Waals surface area contributed by atoms with Gasteiger partial charge in [0.1, 0.15) is 23.3 Å². The zero-order valence-electron chi connectivity index (χ0n) is 16.7. The van der Waals surface area contributed by atoms with Crippen molar-refractivity contribution in [1.82, 2.24) is 9.97 Å². The van der Waals surface area contributed by atoms with Crippen molar-refractivity contribution in [3.8, 4) is 17.9 Å². The highest BCUT2D eigenvalue weighted by molar-refractivity contribution is 5.90. The molecule has 2 aliphatic rings. The molecule has 2 bridgehead atoms. The summed E-state index contributed by atoms with van der Waals surface area (Å²) >= 11 is 0. The highest BCUT2D eigenvalue weighted by Crippen LogP contribution is 2.67. The Balaban J connectivity index is 1.75. The van der Waals surface area contributed by atoms with Crippen molar-refractivity contribution >= 4 is 11.9 Å². The number of hydrogen-bond acceptors (Lipinski definition) is 8. The summed E-state index contributed by atoms with van der Waals surface area (Å²) in [6.45, 7) is 3.93. The van der Waals surface area contributed by atoms with Gasteiger partial charge in [0.15, 0.2) is 11.4 Å². The zero-order chi connectivity index (χ0) is 21.7. The topological polar surface area (TPSA) is 126 Å². The van der Waals surface area contributed by atoms with Crippen LogP contribution in [0.4, 0.5) is 0 Å². The lowest BCUT2D eigenvalue weighted by Crippen LogP contribution is -2.46. The van der Waals surface area contributed by atoms with Gasteiger partial charge in [0, 0.05) is 5.92 Å². The fraction of sp³-hybridized carbons (Fsp3) is 0.364. The first-order valence-corrected chi connectivity index (χ1v) is 9.43. The molecule has 1 aromatic carbocycles. The maximum Gasteiger partial charge on any atom is 0.337 e. The molecular weight excluding hydrogens is 384 g/mol. The molecular formula is C22H18N4O4. The summed E-state index contributed by atoms with van der Waals surface area (Å²) in [5.41, 5.74) is -0.359. The molecule has 4 rings (SSSR count).